The van der Waals surface area contributed by atoms with Crippen molar-refractivity contribution in [2.45, 2.75) is 31.7 Å². The fourth-order valence-corrected chi connectivity index (χ4v) is 2.87. The lowest BCUT2D eigenvalue weighted by Crippen LogP contribution is -2.15. The van der Waals surface area contributed by atoms with Crippen LogP contribution < -0.4 is 5.73 Å². The van der Waals surface area contributed by atoms with Gasteiger partial charge < -0.3 is 5.73 Å². The highest BCUT2D eigenvalue weighted by Gasteiger charge is 2.15. The Hall–Kier alpha value is -2.35. The molecule has 0 fully saturated rings. The average molecular weight is 290 g/mol. The van der Waals surface area contributed by atoms with Crippen LogP contribution in [-0.4, -0.2) is 11.8 Å². The van der Waals surface area contributed by atoms with Crippen LogP contribution in [0.15, 0.2) is 77.4 Å². The molecule has 0 saturated carbocycles. The highest BCUT2D eigenvalue weighted by molar-refractivity contribution is 6.12. The molecule has 1 aliphatic heterocycles. The summed E-state index contributed by atoms with van der Waals surface area (Å²) in [5.41, 5.74) is 10.5. The molecule has 2 N–H and O–H groups in total. The van der Waals surface area contributed by atoms with E-state index in [0.717, 1.165) is 42.7 Å². The Bertz CT molecular complexity index is 657. The van der Waals surface area contributed by atoms with Crippen LogP contribution in [0.1, 0.15) is 30.4 Å². The zero-order chi connectivity index (χ0) is 15.2. The number of hydrogen-bond donors (Lipinski definition) is 1. The lowest BCUT2D eigenvalue weighted by atomic mass is 10.0. The van der Waals surface area contributed by atoms with Crippen molar-refractivity contribution >= 4 is 5.71 Å². The molecule has 0 saturated heterocycles. The SMILES string of the molecule is NC1=CCCC(CCc2ccccc2)N=C1c1ccccc1. The molecule has 0 radical (unpaired) electrons. The van der Waals surface area contributed by atoms with E-state index >= 15 is 0 Å². The third kappa shape index (κ3) is 3.64. The third-order valence-corrected chi connectivity index (χ3v) is 4.11. The summed E-state index contributed by atoms with van der Waals surface area (Å²) in [6.07, 6.45) is 6.34. The Morgan fingerprint density at radius 1 is 0.955 bits per heavy atom. The summed E-state index contributed by atoms with van der Waals surface area (Å²) < 4.78 is 0. The van der Waals surface area contributed by atoms with Gasteiger partial charge in [0.1, 0.15) is 0 Å². The van der Waals surface area contributed by atoms with Crippen LogP contribution in [0.3, 0.4) is 0 Å². The van der Waals surface area contributed by atoms with E-state index < -0.39 is 0 Å². The molecule has 3 rings (SSSR count). The second-order valence-electron chi connectivity index (χ2n) is 5.76. The van der Waals surface area contributed by atoms with Crippen molar-refractivity contribution in [1.29, 1.82) is 0 Å². The third-order valence-electron chi connectivity index (χ3n) is 4.11. The molecular weight excluding hydrogens is 268 g/mol. The van der Waals surface area contributed by atoms with E-state index in [1.54, 1.807) is 0 Å². The Labute approximate surface area is 132 Å². The number of nitrogens with two attached hydrogens (primary N) is 1. The number of rotatable bonds is 4. The van der Waals surface area contributed by atoms with Crippen LogP contribution in [0.4, 0.5) is 0 Å². The molecule has 2 aromatic rings. The van der Waals surface area contributed by atoms with Crippen LogP contribution in [0, 0.1) is 0 Å². The van der Waals surface area contributed by atoms with Crippen molar-refractivity contribution in [2.75, 3.05) is 0 Å². The van der Waals surface area contributed by atoms with Crippen molar-refractivity contribution in [3.8, 4) is 0 Å². The predicted molar refractivity (Wildman–Crippen MR) is 93.0 cm³/mol. The minimum absolute atomic E-state index is 0.340. The second-order valence-corrected chi connectivity index (χ2v) is 5.76. The minimum atomic E-state index is 0.340. The van der Waals surface area contributed by atoms with Gasteiger partial charge in [0, 0.05) is 5.56 Å². The van der Waals surface area contributed by atoms with E-state index in [1.165, 1.54) is 5.56 Å². The molecule has 0 spiro atoms. The van der Waals surface area contributed by atoms with E-state index in [-0.39, 0.29) is 0 Å². The van der Waals surface area contributed by atoms with Gasteiger partial charge in [0.2, 0.25) is 0 Å². The fourth-order valence-electron chi connectivity index (χ4n) is 2.87. The van der Waals surface area contributed by atoms with E-state index in [9.17, 15) is 0 Å². The Balaban J connectivity index is 1.76. The Kier molecular flexibility index (Phi) is 4.69. The molecule has 1 heterocycles. The molecule has 1 atom stereocenters. The summed E-state index contributed by atoms with van der Waals surface area (Å²) in [5, 5.41) is 0. The zero-order valence-electron chi connectivity index (χ0n) is 12.8. The van der Waals surface area contributed by atoms with Gasteiger partial charge in [-0.15, -0.1) is 0 Å². The minimum Gasteiger partial charge on any atom is -0.397 e. The molecule has 0 aromatic heterocycles. The van der Waals surface area contributed by atoms with Gasteiger partial charge in [0.15, 0.2) is 0 Å². The molecule has 2 nitrogen and oxygen atoms in total. The van der Waals surface area contributed by atoms with Gasteiger partial charge in [-0.25, -0.2) is 0 Å². The van der Waals surface area contributed by atoms with Crippen LogP contribution in [0.5, 0.6) is 0 Å². The number of aryl methyl sites for hydroxylation is 1. The summed E-state index contributed by atoms with van der Waals surface area (Å²) in [6, 6.07) is 21.2. The normalized spacial score (nSPS) is 18.3. The van der Waals surface area contributed by atoms with Gasteiger partial charge in [-0.1, -0.05) is 66.7 Å². The summed E-state index contributed by atoms with van der Waals surface area (Å²) in [6.45, 7) is 0. The summed E-state index contributed by atoms with van der Waals surface area (Å²) >= 11 is 0. The molecule has 0 aliphatic carbocycles. The van der Waals surface area contributed by atoms with Crippen molar-refractivity contribution in [2.24, 2.45) is 10.7 Å². The molecule has 2 aromatic carbocycles. The maximum Gasteiger partial charge on any atom is 0.0875 e. The van der Waals surface area contributed by atoms with Crippen LogP contribution >= 0.6 is 0 Å². The van der Waals surface area contributed by atoms with E-state index in [4.69, 9.17) is 10.7 Å². The highest BCUT2D eigenvalue weighted by Crippen LogP contribution is 2.19. The van der Waals surface area contributed by atoms with Crippen LogP contribution in [0.2, 0.25) is 0 Å². The maximum atomic E-state index is 6.21. The molecule has 22 heavy (non-hydrogen) atoms. The van der Waals surface area contributed by atoms with E-state index in [1.807, 2.05) is 18.2 Å². The molecule has 2 heteroatoms. The number of benzene rings is 2. The number of nitrogens with zero attached hydrogens (tertiary/aromatic N) is 1. The predicted octanol–water partition coefficient (Wildman–Crippen LogP) is 4.11. The molecule has 1 aliphatic rings. The van der Waals surface area contributed by atoms with Crippen molar-refractivity contribution < 1.29 is 0 Å². The molecule has 0 amide bonds. The fraction of sp³-hybridized carbons (Fsp3) is 0.250. The first-order valence-corrected chi connectivity index (χ1v) is 7.96. The quantitative estimate of drug-likeness (QED) is 0.904. The highest BCUT2D eigenvalue weighted by atomic mass is 14.8. The first-order valence-electron chi connectivity index (χ1n) is 7.96. The van der Waals surface area contributed by atoms with E-state index in [0.29, 0.717) is 6.04 Å². The second kappa shape index (κ2) is 7.08. The van der Waals surface area contributed by atoms with Gasteiger partial charge in [-0.05, 0) is 31.2 Å². The topological polar surface area (TPSA) is 38.4 Å². The maximum absolute atomic E-state index is 6.21. The van der Waals surface area contributed by atoms with Gasteiger partial charge >= 0.3 is 0 Å². The van der Waals surface area contributed by atoms with Crippen LogP contribution in [-0.2, 0) is 6.42 Å². The summed E-state index contributed by atoms with van der Waals surface area (Å²) in [4.78, 5) is 4.97. The van der Waals surface area contributed by atoms with Gasteiger partial charge in [-0.2, -0.15) is 0 Å². The van der Waals surface area contributed by atoms with Crippen LogP contribution in [0.25, 0.3) is 0 Å². The summed E-state index contributed by atoms with van der Waals surface area (Å²) in [7, 11) is 0. The van der Waals surface area contributed by atoms with Gasteiger partial charge in [0.25, 0.3) is 0 Å². The first kappa shape index (κ1) is 14.6. The van der Waals surface area contributed by atoms with Gasteiger partial charge in [-0.3, -0.25) is 4.99 Å². The van der Waals surface area contributed by atoms with Gasteiger partial charge in [0.05, 0.1) is 17.5 Å². The zero-order valence-corrected chi connectivity index (χ0v) is 12.8. The number of aliphatic imine (C=N–C) groups is 1. The number of hydrogen-bond acceptors (Lipinski definition) is 2. The monoisotopic (exact) mass is 290 g/mol. The average Bonchev–Trinajstić information content (AvgIpc) is 2.76. The Morgan fingerprint density at radius 3 is 2.36 bits per heavy atom. The van der Waals surface area contributed by atoms with E-state index in [2.05, 4.69) is 48.5 Å². The van der Waals surface area contributed by atoms with Crippen molar-refractivity contribution in [1.82, 2.24) is 0 Å². The molecule has 1 unspecified atom stereocenters. The first-order chi connectivity index (χ1) is 10.8. The largest absolute Gasteiger partial charge is 0.397 e. The molecule has 0 bridgehead atoms. The molecule has 112 valence electrons. The van der Waals surface area contributed by atoms with Crippen molar-refractivity contribution in [3.63, 3.8) is 0 Å². The summed E-state index contributed by atoms with van der Waals surface area (Å²) in [5.74, 6) is 0. The smallest absolute Gasteiger partial charge is 0.0875 e. The lowest BCUT2D eigenvalue weighted by Gasteiger charge is -2.13. The lowest BCUT2D eigenvalue weighted by molar-refractivity contribution is 0.580. The van der Waals surface area contributed by atoms with Crippen molar-refractivity contribution in [3.05, 3.63) is 83.6 Å². The number of allylic oxidation sites excluding steroid dienone is 2. The molecular formula is C20H22N2. The standard InChI is InChI=1S/C20H22N2/c21-19-13-7-12-18(15-14-16-8-3-1-4-9-16)22-20(19)17-10-5-2-6-11-17/h1-6,8-11,13,18H,7,12,14-15,21H2. The Morgan fingerprint density at radius 2 is 1.64 bits per heavy atom.